The number of nitrogens with zero attached hydrogens (tertiary/aromatic N) is 2. The molecule has 0 fully saturated rings. The van der Waals surface area contributed by atoms with Crippen LogP contribution in [0.25, 0.3) is 10.9 Å². The van der Waals surface area contributed by atoms with E-state index in [1.54, 1.807) is 30.3 Å². The van der Waals surface area contributed by atoms with Crippen LogP contribution in [0.15, 0.2) is 58.5 Å². The van der Waals surface area contributed by atoms with E-state index in [1.807, 2.05) is 12.1 Å². The lowest BCUT2D eigenvalue weighted by molar-refractivity contribution is -0.121. The number of carbonyl (C=O) groups is 2. The minimum absolute atomic E-state index is 0.0104. The molecule has 3 aromatic carbocycles. The summed E-state index contributed by atoms with van der Waals surface area (Å²) in [6, 6.07) is 13.4. The monoisotopic (exact) mass is 627 g/mol. The van der Waals surface area contributed by atoms with Crippen LogP contribution in [0, 0.1) is 0 Å². The van der Waals surface area contributed by atoms with E-state index in [9.17, 15) is 14.4 Å². The van der Waals surface area contributed by atoms with Gasteiger partial charge in [-0.05, 0) is 48.4 Å². The van der Waals surface area contributed by atoms with E-state index < -0.39 is 0 Å². The quantitative estimate of drug-likeness (QED) is 0.143. The molecule has 0 aliphatic carbocycles. The summed E-state index contributed by atoms with van der Waals surface area (Å²) in [5.74, 6) is 1.93. The Bertz CT molecular complexity index is 1780. The molecule has 1 N–H and O–H groups in total. The molecule has 1 amide bonds. The number of benzene rings is 3. The summed E-state index contributed by atoms with van der Waals surface area (Å²) in [7, 11) is 0. The topological polar surface area (TPSA) is 118 Å². The standard InChI is InChI=1S/C29H23Cl2N3O7S/c30-19-5-4-17(9-20(19)31)22(35)13-42-29-33-21-11-26-25(40-15-41-26)10-18(21)28(37)34(29)7-1-2-27(36)32-12-16-3-6-23-24(8-16)39-14-38-23/h3-6,8-11H,1-2,7,12-15H2,(H,32,36). The van der Waals surface area contributed by atoms with Crippen LogP contribution in [-0.2, 0) is 17.9 Å². The number of amides is 1. The van der Waals surface area contributed by atoms with Crippen LogP contribution in [0.2, 0.25) is 10.0 Å². The van der Waals surface area contributed by atoms with Gasteiger partial charge >= 0.3 is 0 Å². The number of ketones is 1. The fourth-order valence-corrected chi connectivity index (χ4v) is 5.74. The van der Waals surface area contributed by atoms with Gasteiger partial charge in [-0.25, -0.2) is 4.98 Å². The molecule has 2 aliphatic rings. The number of hydrogen-bond donors (Lipinski definition) is 1. The highest BCUT2D eigenvalue weighted by molar-refractivity contribution is 7.99. The van der Waals surface area contributed by atoms with Crippen LogP contribution in [-0.4, -0.2) is 40.6 Å². The first kappa shape index (κ1) is 28.2. The first-order valence-electron chi connectivity index (χ1n) is 13.0. The van der Waals surface area contributed by atoms with Gasteiger partial charge in [-0.3, -0.25) is 19.0 Å². The molecule has 6 rings (SSSR count). The van der Waals surface area contributed by atoms with Crippen LogP contribution in [0.5, 0.6) is 23.0 Å². The van der Waals surface area contributed by atoms with Gasteiger partial charge in [-0.1, -0.05) is 41.0 Å². The summed E-state index contributed by atoms with van der Waals surface area (Å²) in [6.07, 6.45) is 0.557. The molecule has 42 heavy (non-hydrogen) atoms. The van der Waals surface area contributed by atoms with Gasteiger partial charge in [0.05, 0.1) is 26.7 Å². The molecule has 0 saturated heterocycles. The summed E-state index contributed by atoms with van der Waals surface area (Å²) in [6.45, 7) is 0.789. The van der Waals surface area contributed by atoms with Gasteiger partial charge in [0.1, 0.15) is 0 Å². The number of carbonyl (C=O) groups excluding carboxylic acids is 2. The average molecular weight is 628 g/mol. The zero-order valence-corrected chi connectivity index (χ0v) is 24.3. The first-order chi connectivity index (χ1) is 20.4. The Labute approximate surface area is 253 Å². The minimum Gasteiger partial charge on any atom is -0.454 e. The zero-order chi connectivity index (χ0) is 29.2. The van der Waals surface area contributed by atoms with Gasteiger partial charge in [-0.15, -0.1) is 0 Å². The summed E-state index contributed by atoms with van der Waals surface area (Å²) in [5.41, 5.74) is 1.40. The number of ether oxygens (including phenoxy) is 4. The Kier molecular flexibility index (Phi) is 8.14. The van der Waals surface area contributed by atoms with Gasteiger partial charge in [0, 0.05) is 31.1 Å². The van der Waals surface area contributed by atoms with Gasteiger partial charge < -0.3 is 24.3 Å². The maximum atomic E-state index is 13.6. The second-order valence-electron chi connectivity index (χ2n) is 9.48. The molecule has 2 aliphatic heterocycles. The molecule has 0 bridgehead atoms. The number of nitrogens with one attached hydrogen (secondary N) is 1. The largest absolute Gasteiger partial charge is 0.454 e. The molecule has 3 heterocycles. The molecule has 13 heteroatoms. The third-order valence-electron chi connectivity index (χ3n) is 6.70. The van der Waals surface area contributed by atoms with Crippen LogP contribution in [0.4, 0.5) is 0 Å². The van der Waals surface area contributed by atoms with Crippen molar-refractivity contribution >= 4 is 57.6 Å². The average Bonchev–Trinajstić information content (AvgIpc) is 3.65. The summed E-state index contributed by atoms with van der Waals surface area (Å²) in [5, 5.41) is 4.22. The van der Waals surface area contributed by atoms with Crippen LogP contribution >= 0.6 is 35.0 Å². The lowest BCUT2D eigenvalue weighted by atomic mass is 10.1. The Morgan fingerprint density at radius 1 is 0.905 bits per heavy atom. The van der Waals surface area contributed by atoms with E-state index in [1.165, 1.54) is 10.6 Å². The summed E-state index contributed by atoms with van der Waals surface area (Å²) < 4.78 is 23.1. The van der Waals surface area contributed by atoms with E-state index in [-0.39, 0.29) is 54.6 Å². The second-order valence-corrected chi connectivity index (χ2v) is 11.2. The molecule has 216 valence electrons. The van der Waals surface area contributed by atoms with Crippen molar-refractivity contribution in [1.82, 2.24) is 14.9 Å². The van der Waals surface area contributed by atoms with Crippen molar-refractivity contribution in [2.75, 3.05) is 19.3 Å². The van der Waals surface area contributed by atoms with E-state index in [4.69, 9.17) is 42.1 Å². The van der Waals surface area contributed by atoms with Crippen molar-refractivity contribution in [2.45, 2.75) is 31.1 Å². The molecule has 0 atom stereocenters. The van der Waals surface area contributed by atoms with E-state index in [0.717, 1.165) is 17.3 Å². The smallest absolute Gasteiger partial charge is 0.262 e. The molecule has 1 aromatic heterocycles. The Morgan fingerprint density at radius 2 is 1.64 bits per heavy atom. The molecule has 4 aromatic rings. The fraction of sp³-hybridized carbons (Fsp3) is 0.241. The number of hydrogen-bond acceptors (Lipinski definition) is 9. The molecule has 0 spiro atoms. The van der Waals surface area contributed by atoms with Crippen molar-refractivity contribution in [3.05, 3.63) is 80.1 Å². The third-order valence-corrected chi connectivity index (χ3v) is 8.42. The predicted molar refractivity (Wildman–Crippen MR) is 157 cm³/mol. The molecule has 10 nitrogen and oxygen atoms in total. The third kappa shape index (κ3) is 5.99. The summed E-state index contributed by atoms with van der Waals surface area (Å²) in [4.78, 5) is 43.8. The number of thioether (sulfide) groups is 1. The normalized spacial score (nSPS) is 13.0. The Balaban J connectivity index is 1.16. The predicted octanol–water partition coefficient (Wildman–Crippen LogP) is 5.23. The maximum Gasteiger partial charge on any atom is 0.262 e. The van der Waals surface area contributed by atoms with Crippen molar-refractivity contribution in [1.29, 1.82) is 0 Å². The highest BCUT2D eigenvalue weighted by atomic mass is 35.5. The number of Topliss-reactive ketones (excluding diaryl/α,β-unsaturated/α-hetero) is 1. The Hall–Kier alpha value is -3.93. The highest BCUT2D eigenvalue weighted by Gasteiger charge is 2.20. The van der Waals surface area contributed by atoms with Crippen LogP contribution in [0.1, 0.15) is 28.8 Å². The van der Waals surface area contributed by atoms with E-state index in [2.05, 4.69) is 10.3 Å². The van der Waals surface area contributed by atoms with E-state index in [0.29, 0.717) is 62.6 Å². The molecule has 0 radical (unpaired) electrons. The van der Waals surface area contributed by atoms with E-state index >= 15 is 0 Å². The van der Waals surface area contributed by atoms with Gasteiger partial charge in [0.25, 0.3) is 5.56 Å². The van der Waals surface area contributed by atoms with Gasteiger partial charge in [-0.2, -0.15) is 0 Å². The minimum atomic E-state index is -0.302. The number of rotatable bonds is 10. The molecular weight excluding hydrogens is 605 g/mol. The molecule has 0 saturated carbocycles. The van der Waals surface area contributed by atoms with Crippen LogP contribution < -0.4 is 29.8 Å². The fourth-order valence-electron chi connectivity index (χ4n) is 4.52. The van der Waals surface area contributed by atoms with Crippen molar-refractivity contribution in [2.24, 2.45) is 0 Å². The second kappa shape index (κ2) is 12.1. The molecular formula is C29H23Cl2N3O7S. The number of halogens is 2. The highest BCUT2D eigenvalue weighted by Crippen LogP contribution is 2.35. The number of fused-ring (bicyclic) bond motifs is 3. The zero-order valence-electron chi connectivity index (χ0n) is 22.0. The lowest BCUT2D eigenvalue weighted by Crippen LogP contribution is -2.26. The van der Waals surface area contributed by atoms with Gasteiger partial charge in [0.15, 0.2) is 33.9 Å². The summed E-state index contributed by atoms with van der Waals surface area (Å²) >= 11 is 13.2. The van der Waals surface area contributed by atoms with Crippen molar-refractivity contribution in [3.8, 4) is 23.0 Å². The lowest BCUT2D eigenvalue weighted by Gasteiger charge is -2.13. The van der Waals surface area contributed by atoms with Crippen molar-refractivity contribution in [3.63, 3.8) is 0 Å². The number of aromatic nitrogens is 2. The maximum absolute atomic E-state index is 13.6. The first-order valence-corrected chi connectivity index (χ1v) is 14.7. The Morgan fingerprint density at radius 3 is 2.43 bits per heavy atom. The van der Waals surface area contributed by atoms with Crippen molar-refractivity contribution < 1.29 is 28.5 Å². The van der Waals surface area contributed by atoms with Gasteiger partial charge in [0.2, 0.25) is 19.5 Å². The molecule has 0 unspecified atom stereocenters. The van der Waals surface area contributed by atoms with Crippen LogP contribution in [0.3, 0.4) is 0 Å². The SMILES string of the molecule is O=C(CCCn1c(SCC(=O)c2ccc(Cl)c(Cl)c2)nc2cc3c(cc2c1=O)OCO3)NCc1ccc2c(c1)OCO2.